The zero-order valence-electron chi connectivity index (χ0n) is 6.80. The first-order chi connectivity index (χ1) is 5.61. The van der Waals surface area contributed by atoms with Gasteiger partial charge in [-0.3, -0.25) is 0 Å². The summed E-state index contributed by atoms with van der Waals surface area (Å²) in [7, 11) is 1.19. The van der Waals surface area contributed by atoms with Crippen LogP contribution in [0.25, 0.3) is 0 Å². The van der Waals surface area contributed by atoms with Gasteiger partial charge in [-0.1, -0.05) is 11.6 Å². The molecule has 0 aromatic heterocycles. The predicted molar refractivity (Wildman–Crippen MR) is 42.6 cm³/mol. The van der Waals surface area contributed by atoms with Crippen LogP contribution in [0.1, 0.15) is 6.92 Å². The molecule has 0 spiro atoms. The predicted octanol–water partition coefficient (Wildman–Crippen LogP) is 0.845. The van der Waals surface area contributed by atoms with E-state index in [1.165, 1.54) is 7.11 Å². The number of halogens is 1. The third-order valence-corrected chi connectivity index (χ3v) is 1.18. The molecule has 5 heteroatoms. The second kappa shape index (κ2) is 5.60. The van der Waals surface area contributed by atoms with Crippen molar-refractivity contribution in [3.05, 3.63) is 11.1 Å². The summed E-state index contributed by atoms with van der Waals surface area (Å²) in [6.45, 7) is 1.85. The third kappa shape index (κ3) is 3.98. The van der Waals surface area contributed by atoms with Crippen molar-refractivity contribution < 1.29 is 19.1 Å². The zero-order chi connectivity index (χ0) is 9.56. The highest BCUT2D eigenvalue weighted by molar-refractivity contribution is 6.42. The minimum absolute atomic E-state index is 0.212. The Kier molecular flexibility index (Phi) is 5.12. The van der Waals surface area contributed by atoms with Gasteiger partial charge < -0.3 is 9.47 Å². The first-order valence-corrected chi connectivity index (χ1v) is 3.61. The average Bonchev–Trinajstić information content (AvgIpc) is 2.04. The molecule has 0 fully saturated rings. The second-order valence-corrected chi connectivity index (χ2v) is 2.14. The Morgan fingerprint density at radius 2 is 2.08 bits per heavy atom. The maximum atomic E-state index is 10.8. The van der Waals surface area contributed by atoms with Gasteiger partial charge in [-0.25, -0.2) is 9.59 Å². The van der Waals surface area contributed by atoms with Crippen LogP contribution in [-0.2, 0) is 19.1 Å². The molecule has 0 saturated heterocycles. The van der Waals surface area contributed by atoms with Crippen molar-refractivity contribution in [2.75, 3.05) is 13.7 Å². The fourth-order valence-electron chi connectivity index (χ4n) is 0.421. The molecule has 0 aliphatic rings. The summed E-state index contributed by atoms with van der Waals surface area (Å²) in [4.78, 5) is 21.3. The lowest BCUT2D eigenvalue weighted by molar-refractivity contribution is -0.139. The van der Waals surface area contributed by atoms with E-state index < -0.39 is 11.9 Å². The molecule has 0 heterocycles. The van der Waals surface area contributed by atoms with E-state index in [1.54, 1.807) is 6.92 Å². The lowest BCUT2D eigenvalue weighted by Crippen LogP contribution is -2.06. The van der Waals surface area contributed by atoms with Gasteiger partial charge in [0, 0.05) is 6.08 Å². The molecule has 0 atom stereocenters. The van der Waals surface area contributed by atoms with Crippen LogP contribution in [0.15, 0.2) is 11.1 Å². The van der Waals surface area contributed by atoms with Crippen LogP contribution in [0.2, 0.25) is 0 Å². The molecule has 4 nitrogen and oxygen atoms in total. The maximum Gasteiger partial charge on any atom is 0.350 e. The highest BCUT2D eigenvalue weighted by atomic mass is 35.5. The van der Waals surface area contributed by atoms with Crippen LogP contribution in [0.3, 0.4) is 0 Å². The minimum atomic E-state index is -0.732. The first kappa shape index (κ1) is 11.0. The molecule has 0 N–H and O–H groups in total. The van der Waals surface area contributed by atoms with E-state index in [0.717, 1.165) is 6.08 Å². The largest absolute Gasteiger partial charge is 0.466 e. The summed E-state index contributed by atoms with van der Waals surface area (Å²) in [5, 5.41) is -0.288. The van der Waals surface area contributed by atoms with Crippen LogP contribution in [0.4, 0.5) is 0 Å². The van der Waals surface area contributed by atoms with E-state index in [4.69, 9.17) is 11.6 Å². The molecular weight excluding hydrogens is 184 g/mol. The fourth-order valence-corrected chi connectivity index (χ4v) is 0.565. The Hall–Kier alpha value is -1.03. The van der Waals surface area contributed by atoms with Gasteiger partial charge in [0.15, 0.2) is 0 Å². The molecule has 0 aromatic carbocycles. The van der Waals surface area contributed by atoms with Gasteiger partial charge in [-0.2, -0.15) is 0 Å². The molecule has 0 unspecified atom stereocenters. The van der Waals surface area contributed by atoms with E-state index in [-0.39, 0.29) is 11.6 Å². The summed E-state index contributed by atoms with van der Waals surface area (Å²) >= 11 is 5.37. The molecule has 12 heavy (non-hydrogen) atoms. The van der Waals surface area contributed by atoms with Gasteiger partial charge in [-0.05, 0) is 6.92 Å². The number of esters is 2. The standard InChI is InChI=1S/C7H9ClO4/c1-3-12-7(10)5(8)4-6(9)11-2/h4H,3H2,1-2H3/b5-4-. The molecule has 0 saturated carbocycles. The topological polar surface area (TPSA) is 52.6 Å². The summed E-state index contributed by atoms with van der Waals surface area (Å²) in [6.07, 6.45) is 0.861. The lowest BCUT2D eigenvalue weighted by atomic mass is 10.5. The van der Waals surface area contributed by atoms with Gasteiger partial charge in [0.1, 0.15) is 5.03 Å². The van der Waals surface area contributed by atoms with Crippen molar-refractivity contribution in [1.82, 2.24) is 0 Å². The number of hydrogen-bond acceptors (Lipinski definition) is 4. The highest BCUT2D eigenvalue weighted by Crippen LogP contribution is 2.03. The van der Waals surface area contributed by atoms with Gasteiger partial charge in [0.05, 0.1) is 13.7 Å². The van der Waals surface area contributed by atoms with Crippen molar-refractivity contribution in [3.63, 3.8) is 0 Å². The highest BCUT2D eigenvalue weighted by Gasteiger charge is 2.09. The van der Waals surface area contributed by atoms with Gasteiger partial charge in [0.25, 0.3) is 0 Å². The Labute approximate surface area is 75.1 Å². The van der Waals surface area contributed by atoms with Crippen LogP contribution < -0.4 is 0 Å². The maximum absolute atomic E-state index is 10.8. The van der Waals surface area contributed by atoms with Crippen LogP contribution in [0, 0.1) is 0 Å². The molecule has 68 valence electrons. The Morgan fingerprint density at radius 3 is 2.50 bits per heavy atom. The molecule has 0 aliphatic heterocycles. The fraction of sp³-hybridized carbons (Fsp3) is 0.429. The molecule has 0 aliphatic carbocycles. The minimum Gasteiger partial charge on any atom is -0.466 e. The van der Waals surface area contributed by atoms with E-state index in [2.05, 4.69) is 9.47 Å². The molecule has 0 amide bonds. The van der Waals surface area contributed by atoms with Crippen molar-refractivity contribution in [2.45, 2.75) is 6.92 Å². The quantitative estimate of drug-likeness (QED) is 0.491. The first-order valence-electron chi connectivity index (χ1n) is 3.24. The van der Waals surface area contributed by atoms with E-state index >= 15 is 0 Å². The SMILES string of the molecule is CCOC(=O)/C(Cl)=C/C(=O)OC. The molecule has 0 rings (SSSR count). The van der Waals surface area contributed by atoms with E-state index in [9.17, 15) is 9.59 Å². The number of methoxy groups -OCH3 is 1. The van der Waals surface area contributed by atoms with Crippen LogP contribution >= 0.6 is 11.6 Å². The number of ether oxygens (including phenoxy) is 2. The van der Waals surface area contributed by atoms with E-state index in [0.29, 0.717) is 0 Å². The summed E-state index contributed by atoms with van der Waals surface area (Å²) < 4.78 is 8.74. The third-order valence-electron chi connectivity index (χ3n) is 0.916. The number of carbonyl (C=O) groups is 2. The zero-order valence-corrected chi connectivity index (χ0v) is 7.55. The van der Waals surface area contributed by atoms with Gasteiger partial charge >= 0.3 is 11.9 Å². The summed E-state index contributed by atoms with van der Waals surface area (Å²) in [6, 6.07) is 0. The normalized spacial score (nSPS) is 10.8. The van der Waals surface area contributed by atoms with Crippen LogP contribution in [0.5, 0.6) is 0 Å². The average molecular weight is 193 g/mol. The molecule has 0 aromatic rings. The van der Waals surface area contributed by atoms with Gasteiger partial charge in [0.2, 0.25) is 0 Å². The molecule has 0 bridgehead atoms. The molecule has 0 radical (unpaired) electrons. The lowest BCUT2D eigenvalue weighted by Gasteiger charge is -1.98. The number of hydrogen-bond donors (Lipinski definition) is 0. The Bertz CT molecular complexity index is 209. The Balaban J connectivity index is 4.17. The van der Waals surface area contributed by atoms with Gasteiger partial charge in [-0.15, -0.1) is 0 Å². The Morgan fingerprint density at radius 1 is 1.50 bits per heavy atom. The summed E-state index contributed by atoms with van der Waals surface area (Å²) in [5.74, 6) is -1.42. The van der Waals surface area contributed by atoms with Crippen molar-refractivity contribution in [3.8, 4) is 0 Å². The van der Waals surface area contributed by atoms with Crippen LogP contribution in [-0.4, -0.2) is 25.7 Å². The van der Waals surface area contributed by atoms with Crippen molar-refractivity contribution >= 4 is 23.5 Å². The second-order valence-electron chi connectivity index (χ2n) is 1.74. The summed E-state index contributed by atoms with van der Waals surface area (Å²) in [5.41, 5.74) is 0. The monoisotopic (exact) mass is 192 g/mol. The number of rotatable bonds is 3. The smallest absolute Gasteiger partial charge is 0.350 e. The van der Waals surface area contributed by atoms with Crippen molar-refractivity contribution in [2.24, 2.45) is 0 Å². The van der Waals surface area contributed by atoms with Crippen molar-refractivity contribution in [1.29, 1.82) is 0 Å². The van der Waals surface area contributed by atoms with E-state index in [1.807, 2.05) is 0 Å². The number of carbonyl (C=O) groups excluding carboxylic acids is 2. The molecular formula is C7H9ClO4.